The predicted octanol–water partition coefficient (Wildman–Crippen LogP) is 4.88. The molecule has 0 amide bonds. The van der Waals surface area contributed by atoms with Crippen LogP contribution in [0.15, 0.2) is 42.5 Å². The zero-order chi connectivity index (χ0) is 17.6. The van der Waals surface area contributed by atoms with E-state index < -0.39 is 0 Å². The first kappa shape index (κ1) is 16.3. The summed E-state index contributed by atoms with van der Waals surface area (Å²) >= 11 is 0. The smallest absolute Gasteiger partial charge is 0.123 e. The molecule has 1 atom stereocenters. The molecule has 0 fully saturated rings. The van der Waals surface area contributed by atoms with Gasteiger partial charge in [0.05, 0.1) is 0 Å². The van der Waals surface area contributed by atoms with Gasteiger partial charge in [-0.25, -0.2) is 4.39 Å². The number of fused-ring (bicyclic) bond motifs is 3. The van der Waals surface area contributed by atoms with Gasteiger partial charge in [0.25, 0.3) is 0 Å². The van der Waals surface area contributed by atoms with E-state index in [1.165, 1.54) is 27.9 Å². The Morgan fingerprint density at radius 3 is 2.76 bits per heavy atom. The molecule has 0 aliphatic carbocycles. The fourth-order valence-electron chi connectivity index (χ4n) is 4.22. The molecular formula is C22H25FN2. The number of likely N-dealkylation sites (N-methyl/N-ethyl adjacent to an activating group) is 1. The van der Waals surface area contributed by atoms with Gasteiger partial charge in [-0.1, -0.05) is 24.3 Å². The Morgan fingerprint density at radius 1 is 1.16 bits per heavy atom. The van der Waals surface area contributed by atoms with E-state index in [0.29, 0.717) is 6.04 Å². The molecule has 2 aromatic carbocycles. The Labute approximate surface area is 148 Å². The second-order valence-corrected chi connectivity index (χ2v) is 7.26. The maximum Gasteiger partial charge on any atom is 0.123 e. The molecule has 0 N–H and O–H groups in total. The highest BCUT2D eigenvalue weighted by Crippen LogP contribution is 2.37. The SMILES string of the molecule is Cc1ccccc1CCn1c2c(c3cc(F)ccc31)C(C)N(C)CC2. The molecule has 1 aliphatic heterocycles. The van der Waals surface area contributed by atoms with Gasteiger partial charge in [-0.2, -0.15) is 0 Å². The van der Waals surface area contributed by atoms with Crippen molar-refractivity contribution in [1.82, 2.24) is 9.47 Å². The summed E-state index contributed by atoms with van der Waals surface area (Å²) in [5.74, 6) is -0.146. The van der Waals surface area contributed by atoms with E-state index in [4.69, 9.17) is 0 Å². The highest BCUT2D eigenvalue weighted by Gasteiger charge is 2.28. The van der Waals surface area contributed by atoms with E-state index in [1.54, 1.807) is 12.1 Å². The van der Waals surface area contributed by atoms with E-state index in [9.17, 15) is 4.39 Å². The second-order valence-electron chi connectivity index (χ2n) is 7.26. The average Bonchev–Trinajstić information content (AvgIpc) is 2.91. The van der Waals surface area contributed by atoms with Crippen LogP contribution in [0.3, 0.4) is 0 Å². The van der Waals surface area contributed by atoms with Crippen LogP contribution in [0.25, 0.3) is 10.9 Å². The lowest BCUT2D eigenvalue weighted by atomic mass is 9.97. The van der Waals surface area contributed by atoms with Crippen molar-refractivity contribution in [2.45, 2.75) is 39.3 Å². The lowest BCUT2D eigenvalue weighted by Crippen LogP contribution is -2.31. The number of aryl methyl sites for hydroxylation is 3. The Kier molecular flexibility index (Phi) is 4.12. The van der Waals surface area contributed by atoms with Crippen LogP contribution in [0.1, 0.15) is 35.3 Å². The Hall–Kier alpha value is -2.13. The predicted molar refractivity (Wildman–Crippen MR) is 102 cm³/mol. The van der Waals surface area contributed by atoms with Gasteiger partial charge in [0.15, 0.2) is 0 Å². The largest absolute Gasteiger partial charge is 0.344 e. The van der Waals surface area contributed by atoms with Crippen LogP contribution in [0.5, 0.6) is 0 Å². The molecule has 2 nitrogen and oxygen atoms in total. The van der Waals surface area contributed by atoms with Gasteiger partial charge in [0, 0.05) is 42.1 Å². The molecule has 3 aromatic rings. The zero-order valence-corrected chi connectivity index (χ0v) is 15.2. The van der Waals surface area contributed by atoms with Crippen molar-refractivity contribution in [2.24, 2.45) is 0 Å². The Bertz CT molecular complexity index is 925. The Morgan fingerprint density at radius 2 is 1.96 bits per heavy atom. The molecule has 25 heavy (non-hydrogen) atoms. The van der Waals surface area contributed by atoms with Crippen LogP contribution in [0.4, 0.5) is 4.39 Å². The summed E-state index contributed by atoms with van der Waals surface area (Å²) in [7, 11) is 2.16. The number of benzene rings is 2. The minimum Gasteiger partial charge on any atom is -0.344 e. The van der Waals surface area contributed by atoms with Gasteiger partial charge in [0.1, 0.15) is 5.82 Å². The first-order chi connectivity index (χ1) is 12.1. The summed E-state index contributed by atoms with van der Waals surface area (Å²) in [5.41, 5.74) is 6.60. The van der Waals surface area contributed by atoms with E-state index in [0.717, 1.165) is 31.3 Å². The topological polar surface area (TPSA) is 8.17 Å². The fraction of sp³-hybridized carbons (Fsp3) is 0.364. The van der Waals surface area contributed by atoms with Gasteiger partial charge in [0.2, 0.25) is 0 Å². The summed E-state index contributed by atoms with van der Waals surface area (Å²) < 4.78 is 16.4. The molecule has 1 unspecified atom stereocenters. The third-order valence-corrected chi connectivity index (χ3v) is 5.82. The highest BCUT2D eigenvalue weighted by molar-refractivity contribution is 5.86. The number of aromatic nitrogens is 1. The second kappa shape index (κ2) is 6.30. The zero-order valence-electron chi connectivity index (χ0n) is 15.2. The molecule has 0 saturated heterocycles. The molecule has 0 spiro atoms. The number of halogens is 1. The van der Waals surface area contributed by atoms with Crippen LogP contribution >= 0.6 is 0 Å². The minimum atomic E-state index is -0.146. The van der Waals surface area contributed by atoms with E-state index in [-0.39, 0.29) is 5.82 Å². The summed E-state index contributed by atoms with van der Waals surface area (Å²) in [4.78, 5) is 2.36. The van der Waals surface area contributed by atoms with Gasteiger partial charge in [-0.3, -0.25) is 4.90 Å². The molecule has 1 aromatic heterocycles. The quantitative estimate of drug-likeness (QED) is 0.662. The first-order valence-corrected chi connectivity index (χ1v) is 9.11. The highest BCUT2D eigenvalue weighted by atomic mass is 19.1. The van der Waals surface area contributed by atoms with Gasteiger partial charge in [-0.05, 0) is 62.2 Å². The standard InChI is InChI=1S/C22H25FN2/c1-15-6-4-5-7-17(15)10-13-25-20-9-8-18(23)14-19(20)22-16(2)24(3)12-11-21(22)25/h4-9,14,16H,10-13H2,1-3H3. The van der Waals surface area contributed by atoms with Crippen molar-refractivity contribution in [3.8, 4) is 0 Å². The minimum absolute atomic E-state index is 0.146. The first-order valence-electron chi connectivity index (χ1n) is 9.11. The van der Waals surface area contributed by atoms with Crippen LogP contribution < -0.4 is 0 Å². The number of nitrogens with zero attached hydrogens (tertiary/aromatic N) is 2. The van der Waals surface area contributed by atoms with E-state index in [1.807, 2.05) is 6.07 Å². The van der Waals surface area contributed by atoms with Crippen molar-refractivity contribution < 1.29 is 4.39 Å². The molecular weight excluding hydrogens is 311 g/mol. The summed E-state index contributed by atoms with van der Waals surface area (Å²) in [6.45, 7) is 6.40. The molecule has 4 rings (SSSR count). The van der Waals surface area contributed by atoms with Crippen LogP contribution in [-0.2, 0) is 19.4 Å². The molecule has 1 aliphatic rings. The van der Waals surface area contributed by atoms with Crippen LogP contribution in [-0.4, -0.2) is 23.1 Å². The van der Waals surface area contributed by atoms with Gasteiger partial charge in [-0.15, -0.1) is 0 Å². The molecule has 3 heteroatoms. The van der Waals surface area contributed by atoms with E-state index in [2.05, 4.69) is 54.6 Å². The van der Waals surface area contributed by atoms with Crippen molar-refractivity contribution in [3.05, 3.63) is 70.7 Å². The monoisotopic (exact) mass is 336 g/mol. The lowest BCUT2D eigenvalue weighted by Gasteiger charge is -2.31. The number of hydrogen-bond donors (Lipinski definition) is 0. The summed E-state index contributed by atoms with van der Waals surface area (Å²) in [5, 5.41) is 1.08. The molecule has 0 saturated carbocycles. The molecule has 130 valence electrons. The normalized spacial score (nSPS) is 17.8. The van der Waals surface area contributed by atoms with Crippen molar-refractivity contribution in [3.63, 3.8) is 0 Å². The lowest BCUT2D eigenvalue weighted by molar-refractivity contribution is 0.245. The van der Waals surface area contributed by atoms with Gasteiger partial charge >= 0.3 is 0 Å². The maximum atomic E-state index is 13.9. The van der Waals surface area contributed by atoms with Gasteiger partial charge < -0.3 is 4.57 Å². The maximum absolute atomic E-state index is 13.9. The molecule has 2 heterocycles. The van der Waals surface area contributed by atoms with Crippen molar-refractivity contribution >= 4 is 10.9 Å². The van der Waals surface area contributed by atoms with Crippen LogP contribution in [0.2, 0.25) is 0 Å². The summed E-state index contributed by atoms with van der Waals surface area (Å²) in [6, 6.07) is 14.2. The third-order valence-electron chi connectivity index (χ3n) is 5.82. The third kappa shape index (κ3) is 2.77. The number of hydrogen-bond acceptors (Lipinski definition) is 1. The van der Waals surface area contributed by atoms with E-state index >= 15 is 0 Å². The van der Waals surface area contributed by atoms with Crippen molar-refractivity contribution in [1.29, 1.82) is 0 Å². The summed E-state index contributed by atoms with van der Waals surface area (Å²) in [6.07, 6.45) is 2.03. The van der Waals surface area contributed by atoms with Crippen molar-refractivity contribution in [2.75, 3.05) is 13.6 Å². The van der Waals surface area contributed by atoms with Crippen LogP contribution in [0, 0.1) is 12.7 Å². The number of rotatable bonds is 3. The molecule has 0 bridgehead atoms. The fourth-order valence-corrected chi connectivity index (χ4v) is 4.22. The molecule has 0 radical (unpaired) electrons. The average molecular weight is 336 g/mol. The Balaban J connectivity index is 1.80.